The summed E-state index contributed by atoms with van der Waals surface area (Å²) in [6.45, 7) is 3.89. The molecule has 5 heteroatoms. The Morgan fingerprint density at radius 2 is 1.96 bits per heavy atom. The van der Waals surface area contributed by atoms with Gasteiger partial charge in [-0.25, -0.2) is 0 Å². The third-order valence-corrected chi connectivity index (χ3v) is 6.56. The minimum Gasteiger partial charge on any atom is -0.380 e. The van der Waals surface area contributed by atoms with Crippen molar-refractivity contribution in [1.82, 2.24) is 9.71 Å². The Labute approximate surface area is 160 Å². The van der Waals surface area contributed by atoms with Gasteiger partial charge in [-0.1, -0.05) is 13.3 Å². The van der Waals surface area contributed by atoms with Crippen molar-refractivity contribution in [3.8, 4) is 0 Å². The number of benzene rings is 1. The number of pyridine rings is 1. The zero-order valence-corrected chi connectivity index (χ0v) is 16.2. The summed E-state index contributed by atoms with van der Waals surface area (Å²) in [5.74, 6) is 1.82. The predicted molar refractivity (Wildman–Crippen MR) is 110 cm³/mol. The summed E-state index contributed by atoms with van der Waals surface area (Å²) in [4.78, 5) is 5.34. The van der Waals surface area contributed by atoms with Crippen LogP contribution in [0.25, 0.3) is 0 Å². The lowest BCUT2D eigenvalue weighted by atomic mass is 9.95. The summed E-state index contributed by atoms with van der Waals surface area (Å²) in [5, 5.41) is 7.49. The molecule has 138 valence electrons. The van der Waals surface area contributed by atoms with Crippen LogP contribution in [0.1, 0.15) is 38.2 Å². The first-order valence-electron chi connectivity index (χ1n) is 9.75. The van der Waals surface area contributed by atoms with E-state index in [1.54, 1.807) is 11.9 Å². The van der Waals surface area contributed by atoms with Crippen LogP contribution < -0.4 is 15.4 Å². The van der Waals surface area contributed by atoms with Crippen LogP contribution in [0.5, 0.6) is 0 Å². The van der Waals surface area contributed by atoms with Crippen molar-refractivity contribution in [1.29, 1.82) is 0 Å². The molecule has 3 unspecified atom stereocenters. The number of nitrogens with one attached hydrogen (secondary N) is 3. The van der Waals surface area contributed by atoms with Gasteiger partial charge >= 0.3 is 0 Å². The van der Waals surface area contributed by atoms with Crippen LogP contribution in [-0.4, -0.2) is 17.6 Å². The van der Waals surface area contributed by atoms with Crippen LogP contribution in [0.15, 0.2) is 47.6 Å². The molecule has 4 nitrogen and oxygen atoms in total. The molecule has 1 heterocycles. The Bertz CT molecular complexity index is 721. The van der Waals surface area contributed by atoms with Crippen molar-refractivity contribution < 1.29 is 0 Å². The van der Waals surface area contributed by atoms with E-state index in [0.717, 1.165) is 24.9 Å². The highest BCUT2D eigenvalue weighted by Crippen LogP contribution is 2.46. The Hall–Kier alpha value is -1.72. The number of hydrogen-bond donors (Lipinski definition) is 3. The van der Waals surface area contributed by atoms with Crippen molar-refractivity contribution >= 4 is 23.3 Å². The van der Waals surface area contributed by atoms with Crippen molar-refractivity contribution in [3.05, 3.63) is 48.3 Å². The molecule has 2 aliphatic carbocycles. The minimum atomic E-state index is 0.641. The number of rotatable bonds is 8. The molecule has 2 bridgehead atoms. The van der Waals surface area contributed by atoms with Gasteiger partial charge < -0.3 is 10.6 Å². The Balaban J connectivity index is 1.49. The SMILES string of the molecule is CCNSc1ccc(NC2CC3CCC2C3)c(NCc2ccncc2)c1. The van der Waals surface area contributed by atoms with Crippen molar-refractivity contribution in [3.63, 3.8) is 0 Å². The molecule has 1 aromatic heterocycles. The summed E-state index contributed by atoms with van der Waals surface area (Å²) >= 11 is 1.69. The minimum absolute atomic E-state index is 0.641. The predicted octanol–water partition coefficient (Wildman–Crippen LogP) is 4.91. The van der Waals surface area contributed by atoms with E-state index in [1.807, 2.05) is 12.4 Å². The second-order valence-electron chi connectivity index (χ2n) is 7.44. The Morgan fingerprint density at radius 1 is 1.08 bits per heavy atom. The van der Waals surface area contributed by atoms with E-state index < -0.39 is 0 Å². The maximum Gasteiger partial charge on any atom is 0.0590 e. The van der Waals surface area contributed by atoms with E-state index in [9.17, 15) is 0 Å². The highest BCUT2D eigenvalue weighted by molar-refractivity contribution is 7.97. The fourth-order valence-corrected chi connectivity index (χ4v) is 4.96. The highest BCUT2D eigenvalue weighted by Gasteiger charge is 2.39. The first-order chi connectivity index (χ1) is 12.8. The third-order valence-electron chi connectivity index (χ3n) is 5.64. The van der Waals surface area contributed by atoms with Gasteiger partial charge in [0.25, 0.3) is 0 Å². The number of nitrogens with zero attached hydrogens (tertiary/aromatic N) is 1. The molecule has 0 spiro atoms. The molecule has 3 N–H and O–H groups in total. The van der Waals surface area contributed by atoms with Gasteiger partial charge in [0.2, 0.25) is 0 Å². The number of fused-ring (bicyclic) bond motifs is 2. The summed E-state index contributed by atoms with van der Waals surface area (Å²) in [7, 11) is 0. The monoisotopic (exact) mass is 368 g/mol. The molecular weight excluding hydrogens is 340 g/mol. The van der Waals surface area contributed by atoms with Crippen LogP contribution in [0, 0.1) is 11.8 Å². The van der Waals surface area contributed by atoms with E-state index in [2.05, 4.69) is 57.6 Å². The maximum absolute atomic E-state index is 4.10. The van der Waals surface area contributed by atoms with Crippen molar-refractivity contribution in [2.45, 2.75) is 50.1 Å². The smallest absolute Gasteiger partial charge is 0.0590 e. The molecule has 1 aromatic carbocycles. The second kappa shape index (κ2) is 8.31. The van der Waals surface area contributed by atoms with Crippen LogP contribution in [-0.2, 0) is 6.54 Å². The average molecular weight is 369 g/mol. The summed E-state index contributed by atoms with van der Waals surface area (Å²) in [5.41, 5.74) is 3.67. The van der Waals surface area contributed by atoms with E-state index in [1.165, 1.54) is 47.5 Å². The van der Waals surface area contributed by atoms with Crippen molar-refractivity contribution in [2.75, 3.05) is 17.2 Å². The molecule has 2 saturated carbocycles. The summed E-state index contributed by atoms with van der Waals surface area (Å²) < 4.78 is 3.34. The molecular formula is C21H28N4S. The lowest BCUT2D eigenvalue weighted by molar-refractivity contribution is 0.440. The van der Waals surface area contributed by atoms with E-state index in [4.69, 9.17) is 0 Å². The largest absolute Gasteiger partial charge is 0.380 e. The quantitative estimate of drug-likeness (QED) is 0.578. The van der Waals surface area contributed by atoms with Gasteiger partial charge in [-0.3, -0.25) is 9.71 Å². The molecule has 0 amide bonds. The topological polar surface area (TPSA) is 49.0 Å². The molecule has 0 aliphatic heterocycles. The van der Waals surface area contributed by atoms with Crippen LogP contribution in [0.2, 0.25) is 0 Å². The zero-order valence-electron chi connectivity index (χ0n) is 15.4. The fourth-order valence-electron chi connectivity index (χ4n) is 4.33. The van der Waals surface area contributed by atoms with Gasteiger partial charge in [0, 0.05) is 36.4 Å². The fraction of sp³-hybridized carbons (Fsp3) is 0.476. The molecule has 2 aliphatic rings. The maximum atomic E-state index is 4.10. The van der Waals surface area contributed by atoms with Crippen LogP contribution in [0.3, 0.4) is 0 Å². The van der Waals surface area contributed by atoms with Crippen LogP contribution in [0.4, 0.5) is 11.4 Å². The molecule has 4 rings (SSSR count). The highest BCUT2D eigenvalue weighted by atomic mass is 32.2. The molecule has 2 fully saturated rings. The molecule has 26 heavy (non-hydrogen) atoms. The van der Waals surface area contributed by atoms with Crippen molar-refractivity contribution in [2.24, 2.45) is 11.8 Å². The second-order valence-corrected chi connectivity index (χ2v) is 8.41. The first-order valence-corrected chi connectivity index (χ1v) is 10.6. The standard InChI is InChI=1S/C21H28N4S/c1-2-24-26-18-5-6-19(25-20-12-16-3-4-17(20)11-16)21(13-18)23-14-15-7-9-22-10-8-15/h5-10,13,16-17,20,23-25H,2-4,11-12,14H2,1H3. The zero-order chi connectivity index (χ0) is 17.8. The third kappa shape index (κ3) is 4.15. The number of hydrogen-bond acceptors (Lipinski definition) is 5. The van der Waals surface area contributed by atoms with Gasteiger partial charge in [-0.2, -0.15) is 0 Å². The van der Waals surface area contributed by atoms with Crippen LogP contribution >= 0.6 is 11.9 Å². The van der Waals surface area contributed by atoms with Gasteiger partial charge in [0.15, 0.2) is 0 Å². The van der Waals surface area contributed by atoms with E-state index in [0.29, 0.717) is 6.04 Å². The normalized spacial score (nSPS) is 24.0. The molecule has 0 saturated heterocycles. The van der Waals surface area contributed by atoms with E-state index >= 15 is 0 Å². The molecule has 0 radical (unpaired) electrons. The summed E-state index contributed by atoms with van der Waals surface area (Å²) in [6.07, 6.45) is 9.30. The summed E-state index contributed by atoms with van der Waals surface area (Å²) in [6, 6.07) is 11.5. The Morgan fingerprint density at radius 3 is 2.69 bits per heavy atom. The van der Waals surface area contributed by atoms with Gasteiger partial charge in [0.1, 0.15) is 0 Å². The number of aromatic nitrogens is 1. The van der Waals surface area contributed by atoms with Gasteiger partial charge in [-0.05, 0) is 78.9 Å². The molecule has 3 atom stereocenters. The Kier molecular flexibility index (Phi) is 5.65. The van der Waals surface area contributed by atoms with Gasteiger partial charge in [0.05, 0.1) is 11.4 Å². The van der Waals surface area contributed by atoms with Gasteiger partial charge in [-0.15, -0.1) is 0 Å². The average Bonchev–Trinajstić information content (AvgIpc) is 3.30. The lowest BCUT2D eigenvalue weighted by Crippen LogP contribution is -2.26. The lowest BCUT2D eigenvalue weighted by Gasteiger charge is -2.26. The van der Waals surface area contributed by atoms with E-state index in [-0.39, 0.29) is 0 Å². The number of anilines is 2. The first kappa shape index (κ1) is 17.7. The molecule has 2 aromatic rings.